The molecule has 3 aliphatic rings. The van der Waals surface area contributed by atoms with Gasteiger partial charge in [-0.2, -0.15) is 4.98 Å². The number of anilines is 1. The molecule has 1 aromatic carbocycles. The first kappa shape index (κ1) is 18.9. The minimum Gasteiger partial charge on any atom is -0.423 e. The van der Waals surface area contributed by atoms with E-state index in [0.29, 0.717) is 41.3 Å². The number of hydrogen-bond donors (Lipinski definition) is 1. The molecule has 3 aliphatic heterocycles. The summed E-state index contributed by atoms with van der Waals surface area (Å²) in [5, 5.41) is 3.30. The fraction of sp³-hybridized carbons (Fsp3) is 0.522. The Morgan fingerprint density at radius 1 is 1.19 bits per heavy atom. The Bertz CT molecular complexity index is 1110. The number of nitrogens with one attached hydrogen (secondary N) is 1. The van der Waals surface area contributed by atoms with E-state index in [9.17, 15) is 4.79 Å². The van der Waals surface area contributed by atoms with Crippen LogP contribution < -0.4 is 10.2 Å². The topological polar surface area (TPSA) is 79.4 Å². The van der Waals surface area contributed by atoms with Crippen molar-refractivity contribution in [2.24, 2.45) is 0 Å². The molecule has 1 N–H and O–H groups in total. The van der Waals surface area contributed by atoms with E-state index < -0.39 is 0 Å². The highest BCUT2D eigenvalue weighted by Gasteiger charge is 2.36. The van der Waals surface area contributed by atoms with Gasteiger partial charge in [0.05, 0.1) is 12.1 Å². The summed E-state index contributed by atoms with van der Waals surface area (Å²) in [5.74, 6) is 0.951. The van der Waals surface area contributed by atoms with E-state index in [-0.39, 0.29) is 11.9 Å². The number of imidazole rings is 1. The highest BCUT2D eigenvalue weighted by atomic mass is 16.4. The molecule has 8 nitrogen and oxygen atoms in total. The molecule has 8 heteroatoms. The Morgan fingerprint density at radius 3 is 2.87 bits per heavy atom. The second-order valence-corrected chi connectivity index (χ2v) is 9.15. The van der Waals surface area contributed by atoms with E-state index in [2.05, 4.69) is 31.7 Å². The van der Waals surface area contributed by atoms with Gasteiger partial charge < -0.3 is 24.1 Å². The number of fused-ring (bicyclic) bond motifs is 4. The Kier molecular flexibility index (Phi) is 4.49. The molecule has 2 saturated heterocycles. The third-order valence-electron chi connectivity index (χ3n) is 7.34. The number of carbonyl (C=O) groups is 1. The quantitative estimate of drug-likeness (QED) is 0.702. The zero-order valence-electron chi connectivity index (χ0n) is 17.8. The van der Waals surface area contributed by atoms with E-state index in [0.717, 1.165) is 31.8 Å². The lowest BCUT2D eigenvalue weighted by Gasteiger charge is -2.47. The van der Waals surface area contributed by atoms with Gasteiger partial charge in [0, 0.05) is 43.6 Å². The van der Waals surface area contributed by atoms with Gasteiger partial charge >= 0.3 is 0 Å². The van der Waals surface area contributed by atoms with Gasteiger partial charge in [-0.15, -0.1) is 0 Å². The molecule has 31 heavy (non-hydrogen) atoms. The van der Waals surface area contributed by atoms with Gasteiger partial charge in [0.15, 0.2) is 5.58 Å². The number of aromatic nitrogens is 3. The molecule has 1 amide bonds. The predicted molar refractivity (Wildman–Crippen MR) is 117 cm³/mol. The summed E-state index contributed by atoms with van der Waals surface area (Å²) in [7, 11) is 2.23. The molecule has 0 saturated carbocycles. The highest BCUT2D eigenvalue weighted by Crippen LogP contribution is 2.33. The normalized spacial score (nSPS) is 26.1. The van der Waals surface area contributed by atoms with Crippen LogP contribution in [0.3, 0.4) is 0 Å². The molecule has 6 rings (SSSR count). The number of para-hydroxylation sites is 1. The molecule has 2 aromatic heterocycles. The summed E-state index contributed by atoms with van der Waals surface area (Å²) in [6, 6.07) is 7.55. The standard InChI is InChI=1S/C23H28N6O2/c1-27-16-4-2-5-17(27)13-15(12-16)25-22(30)18-6-3-7-19-21(18)26-23(31-19)29-11-10-28-9-8-24-20(28)14-29/h3,6-9,15-17H,2,4-5,10-14H2,1H3,(H,25,30). The molecular formula is C23H28N6O2. The van der Waals surface area contributed by atoms with Gasteiger partial charge in [-0.3, -0.25) is 4.79 Å². The number of piperidine rings is 2. The van der Waals surface area contributed by atoms with Crippen molar-refractivity contribution in [3.05, 3.63) is 42.0 Å². The van der Waals surface area contributed by atoms with Crippen molar-refractivity contribution in [1.82, 2.24) is 24.8 Å². The van der Waals surface area contributed by atoms with Crippen LogP contribution in [0.4, 0.5) is 6.01 Å². The van der Waals surface area contributed by atoms with Crippen molar-refractivity contribution in [2.75, 3.05) is 18.5 Å². The third kappa shape index (κ3) is 3.29. The van der Waals surface area contributed by atoms with E-state index >= 15 is 0 Å². The van der Waals surface area contributed by atoms with Crippen LogP contribution in [-0.4, -0.2) is 57.1 Å². The first-order valence-electron chi connectivity index (χ1n) is 11.3. The van der Waals surface area contributed by atoms with E-state index in [1.54, 1.807) is 0 Å². The zero-order valence-corrected chi connectivity index (χ0v) is 17.8. The van der Waals surface area contributed by atoms with Crippen molar-refractivity contribution in [1.29, 1.82) is 0 Å². The highest BCUT2D eigenvalue weighted by molar-refractivity contribution is 6.04. The molecule has 3 aromatic rings. The largest absolute Gasteiger partial charge is 0.423 e. The summed E-state index contributed by atoms with van der Waals surface area (Å²) in [6.45, 7) is 2.30. The fourth-order valence-corrected chi connectivity index (χ4v) is 5.59. The zero-order chi connectivity index (χ0) is 20.9. The Morgan fingerprint density at radius 2 is 2.03 bits per heavy atom. The Hall–Kier alpha value is -2.87. The van der Waals surface area contributed by atoms with Crippen LogP contribution >= 0.6 is 0 Å². The molecule has 2 fully saturated rings. The van der Waals surface area contributed by atoms with Crippen LogP contribution in [0.5, 0.6) is 0 Å². The summed E-state index contributed by atoms with van der Waals surface area (Å²) in [5.41, 5.74) is 1.88. The number of rotatable bonds is 3. The Balaban J connectivity index is 1.23. The van der Waals surface area contributed by atoms with Gasteiger partial charge in [-0.1, -0.05) is 12.5 Å². The molecule has 0 spiro atoms. The minimum atomic E-state index is -0.0488. The Labute approximate surface area is 181 Å². The first-order chi connectivity index (χ1) is 15.2. The fourth-order valence-electron chi connectivity index (χ4n) is 5.59. The van der Waals surface area contributed by atoms with Crippen LogP contribution in [0.1, 0.15) is 48.3 Å². The number of hydrogen-bond acceptors (Lipinski definition) is 6. The maximum absolute atomic E-state index is 13.2. The van der Waals surface area contributed by atoms with Crippen molar-refractivity contribution >= 4 is 23.0 Å². The second-order valence-electron chi connectivity index (χ2n) is 9.15. The lowest BCUT2D eigenvalue weighted by Crippen LogP contribution is -2.55. The summed E-state index contributed by atoms with van der Waals surface area (Å²) in [4.78, 5) is 27.0. The average Bonchev–Trinajstić information content (AvgIpc) is 3.40. The minimum absolute atomic E-state index is 0.0488. The summed E-state index contributed by atoms with van der Waals surface area (Å²) in [6.07, 6.45) is 9.64. The molecule has 2 atom stereocenters. The van der Waals surface area contributed by atoms with Crippen LogP contribution in [0.25, 0.3) is 11.1 Å². The second kappa shape index (κ2) is 7.37. The van der Waals surface area contributed by atoms with Gasteiger partial charge in [0.1, 0.15) is 11.3 Å². The van der Waals surface area contributed by atoms with Crippen LogP contribution in [-0.2, 0) is 13.1 Å². The third-order valence-corrected chi connectivity index (χ3v) is 7.34. The van der Waals surface area contributed by atoms with Gasteiger partial charge in [0.25, 0.3) is 11.9 Å². The molecule has 0 radical (unpaired) electrons. The predicted octanol–water partition coefficient (Wildman–Crippen LogP) is 2.79. The molecule has 162 valence electrons. The number of benzene rings is 1. The van der Waals surface area contributed by atoms with E-state index in [1.807, 2.05) is 30.6 Å². The van der Waals surface area contributed by atoms with Gasteiger partial charge in [0.2, 0.25) is 0 Å². The average molecular weight is 421 g/mol. The first-order valence-corrected chi connectivity index (χ1v) is 11.3. The monoisotopic (exact) mass is 420 g/mol. The maximum atomic E-state index is 13.2. The van der Waals surface area contributed by atoms with Crippen molar-refractivity contribution in [3.63, 3.8) is 0 Å². The van der Waals surface area contributed by atoms with E-state index in [1.165, 1.54) is 19.3 Å². The van der Waals surface area contributed by atoms with Crippen molar-refractivity contribution < 1.29 is 9.21 Å². The molecule has 5 heterocycles. The van der Waals surface area contributed by atoms with Crippen LogP contribution in [0.15, 0.2) is 35.0 Å². The number of carbonyl (C=O) groups excluding carboxylic acids is 1. The van der Waals surface area contributed by atoms with Crippen molar-refractivity contribution in [3.8, 4) is 0 Å². The summed E-state index contributed by atoms with van der Waals surface area (Å²) >= 11 is 0. The van der Waals surface area contributed by atoms with Crippen molar-refractivity contribution in [2.45, 2.75) is 63.3 Å². The molecule has 0 aliphatic carbocycles. The van der Waals surface area contributed by atoms with Gasteiger partial charge in [-0.05, 0) is 44.9 Å². The van der Waals surface area contributed by atoms with Crippen LogP contribution in [0, 0.1) is 0 Å². The maximum Gasteiger partial charge on any atom is 0.298 e. The molecule has 2 unspecified atom stereocenters. The lowest BCUT2D eigenvalue weighted by molar-refractivity contribution is 0.0463. The molecule has 2 bridgehead atoms. The smallest absolute Gasteiger partial charge is 0.298 e. The van der Waals surface area contributed by atoms with E-state index in [4.69, 9.17) is 9.40 Å². The number of oxazole rings is 1. The summed E-state index contributed by atoms with van der Waals surface area (Å²) < 4.78 is 8.19. The van der Waals surface area contributed by atoms with Gasteiger partial charge in [-0.25, -0.2) is 4.98 Å². The number of amides is 1. The van der Waals surface area contributed by atoms with Crippen LogP contribution in [0.2, 0.25) is 0 Å². The lowest BCUT2D eigenvalue weighted by atomic mass is 9.82. The number of nitrogens with zero attached hydrogens (tertiary/aromatic N) is 5. The SMILES string of the molecule is CN1C2CCCC1CC(NC(=O)c1cccc3oc(N4CCn5ccnc5C4)nc13)C2. The molecular weight excluding hydrogens is 392 g/mol.